The molecule has 0 radical (unpaired) electrons. The summed E-state index contributed by atoms with van der Waals surface area (Å²) in [5.41, 5.74) is 2.64. The van der Waals surface area contributed by atoms with Gasteiger partial charge in [0.1, 0.15) is 0 Å². The third-order valence-electron chi connectivity index (χ3n) is 3.90. The van der Waals surface area contributed by atoms with Gasteiger partial charge in [-0.05, 0) is 24.1 Å². The molecule has 120 valence electrons. The van der Waals surface area contributed by atoms with Gasteiger partial charge in [0.15, 0.2) is 0 Å². The van der Waals surface area contributed by atoms with Crippen LogP contribution in [0.1, 0.15) is 12.0 Å². The number of halogens is 1. The number of hydrogen-bond donors (Lipinski definition) is 3. The number of amides is 2. The minimum absolute atomic E-state index is 0. The first-order chi connectivity index (χ1) is 10.2. The number of nitrogens with zero attached hydrogens (tertiary/aromatic N) is 1. The highest BCUT2D eigenvalue weighted by atomic mass is 35.5. The van der Waals surface area contributed by atoms with E-state index in [-0.39, 0.29) is 24.2 Å². The van der Waals surface area contributed by atoms with Gasteiger partial charge in [-0.15, -0.1) is 12.4 Å². The van der Waals surface area contributed by atoms with Crippen LogP contribution in [0.4, 0.5) is 11.4 Å². The topological polar surface area (TPSA) is 73.5 Å². The van der Waals surface area contributed by atoms with Crippen molar-refractivity contribution in [2.75, 3.05) is 43.4 Å². The molecule has 22 heavy (non-hydrogen) atoms. The summed E-state index contributed by atoms with van der Waals surface area (Å²) in [5.74, 6) is 0.0361. The van der Waals surface area contributed by atoms with Crippen molar-refractivity contribution in [2.24, 2.45) is 0 Å². The number of carbonyl (C=O) groups is 2. The van der Waals surface area contributed by atoms with Crippen LogP contribution in [0, 0.1) is 0 Å². The average Bonchev–Trinajstić information content (AvgIpc) is 2.48. The van der Waals surface area contributed by atoms with Gasteiger partial charge in [0.25, 0.3) is 0 Å². The lowest BCUT2D eigenvalue weighted by Gasteiger charge is -2.27. The molecule has 1 aromatic carbocycles. The summed E-state index contributed by atoms with van der Waals surface area (Å²) in [6.07, 6.45) is 1.14. The van der Waals surface area contributed by atoms with Crippen LogP contribution in [0.15, 0.2) is 18.2 Å². The summed E-state index contributed by atoms with van der Waals surface area (Å²) in [4.78, 5) is 25.7. The van der Waals surface area contributed by atoms with Gasteiger partial charge in [-0.25, -0.2) is 0 Å². The van der Waals surface area contributed by atoms with Gasteiger partial charge in [-0.1, -0.05) is 6.07 Å². The van der Waals surface area contributed by atoms with Crippen molar-refractivity contribution in [2.45, 2.75) is 12.8 Å². The average molecular weight is 325 g/mol. The van der Waals surface area contributed by atoms with E-state index in [9.17, 15) is 9.59 Å². The lowest BCUT2D eigenvalue weighted by atomic mass is 10.0. The van der Waals surface area contributed by atoms with Crippen molar-refractivity contribution >= 4 is 35.6 Å². The van der Waals surface area contributed by atoms with Crippen LogP contribution in [0.3, 0.4) is 0 Å². The molecule has 0 atom stereocenters. The van der Waals surface area contributed by atoms with Crippen molar-refractivity contribution in [1.82, 2.24) is 10.2 Å². The van der Waals surface area contributed by atoms with Crippen LogP contribution in [0.25, 0.3) is 0 Å². The van der Waals surface area contributed by atoms with Gasteiger partial charge < -0.3 is 16.0 Å². The number of fused-ring (bicyclic) bond motifs is 1. The molecule has 0 saturated carbocycles. The van der Waals surface area contributed by atoms with Crippen LogP contribution >= 0.6 is 12.4 Å². The molecular formula is C15H21ClN4O2. The van der Waals surface area contributed by atoms with E-state index in [0.717, 1.165) is 43.1 Å². The lowest BCUT2D eigenvalue weighted by Crippen LogP contribution is -2.46. The Bertz CT molecular complexity index is 558. The van der Waals surface area contributed by atoms with Gasteiger partial charge in [-0.2, -0.15) is 0 Å². The van der Waals surface area contributed by atoms with Crippen molar-refractivity contribution < 1.29 is 9.59 Å². The smallest absolute Gasteiger partial charge is 0.238 e. The maximum atomic E-state index is 12.2. The summed E-state index contributed by atoms with van der Waals surface area (Å²) >= 11 is 0. The predicted octanol–water partition coefficient (Wildman–Crippen LogP) is 0.837. The van der Waals surface area contributed by atoms with E-state index in [1.165, 1.54) is 0 Å². The van der Waals surface area contributed by atoms with Crippen LogP contribution < -0.4 is 16.0 Å². The number of hydrogen-bond acceptors (Lipinski definition) is 4. The van der Waals surface area contributed by atoms with Gasteiger partial charge >= 0.3 is 0 Å². The summed E-state index contributed by atoms with van der Waals surface area (Å²) in [6, 6.07) is 5.62. The molecule has 2 heterocycles. The summed E-state index contributed by atoms with van der Waals surface area (Å²) < 4.78 is 0. The molecule has 6 nitrogen and oxygen atoms in total. The Labute approximate surface area is 136 Å². The quantitative estimate of drug-likeness (QED) is 0.770. The molecule has 0 spiro atoms. The zero-order chi connectivity index (χ0) is 14.7. The van der Waals surface area contributed by atoms with E-state index >= 15 is 0 Å². The minimum Gasteiger partial charge on any atom is -0.326 e. The first-order valence-corrected chi connectivity index (χ1v) is 7.37. The second-order valence-corrected chi connectivity index (χ2v) is 5.45. The fourth-order valence-corrected chi connectivity index (χ4v) is 2.80. The molecule has 0 unspecified atom stereocenters. The molecule has 0 aliphatic carbocycles. The van der Waals surface area contributed by atoms with Crippen LogP contribution in [-0.2, 0) is 16.0 Å². The van der Waals surface area contributed by atoms with Crippen molar-refractivity contribution in [3.8, 4) is 0 Å². The van der Waals surface area contributed by atoms with Crippen molar-refractivity contribution in [3.05, 3.63) is 23.8 Å². The Morgan fingerprint density at radius 3 is 2.77 bits per heavy atom. The summed E-state index contributed by atoms with van der Waals surface area (Å²) in [5, 5.41) is 9.10. The zero-order valence-corrected chi connectivity index (χ0v) is 13.2. The van der Waals surface area contributed by atoms with Crippen LogP contribution in [0.2, 0.25) is 0 Å². The predicted molar refractivity (Wildman–Crippen MR) is 88.6 cm³/mol. The highest BCUT2D eigenvalue weighted by Crippen LogP contribution is 2.29. The maximum absolute atomic E-state index is 12.2. The Balaban J connectivity index is 0.00000176. The molecule has 2 aliphatic heterocycles. The standard InChI is InChI=1S/C15H20N4O2.ClH/c20-14-5-4-11-12(17-14)2-1-3-13(11)18-15(21)10-19-8-6-16-7-9-19;/h1-3,16H,4-10H2,(H,17,20)(H,18,21);1H. The van der Waals surface area contributed by atoms with E-state index in [0.29, 0.717) is 19.4 Å². The second-order valence-electron chi connectivity index (χ2n) is 5.45. The third-order valence-corrected chi connectivity index (χ3v) is 3.90. The number of nitrogens with one attached hydrogen (secondary N) is 3. The molecule has 1 aromatic rings. The van der Waals surface area contributed by atoms with E-state index in [2.05, 4.69) is 20.9 Å². The van der Waals surface area contributed by atoms with Gasteiger partial charge in [0.2, 0.25) is 11.8 Å². The number of rotatable bonds is 3. The molecule has 2 amide bonds. The molecule has 7 heteroatoms. The lowest BCUT2D eigenvalue weighted by molar-refractivity contribution is -0.117. The molecule has 0 bridgehead atoms. The maximum Gasteiger partial charge on any atom is 0.238 e. The molecular weight excluding hydrogens is 304 g/mol. The Hall–Kier alpha value is -1.63. The molecule has 3 N–H and O–H groups in total. The number of piperazine rings is 1. The first kappa shape index (κ1) is 16.7. The third kappa shape index (κ3) is 3.97. The van der Waals surface area contributed by atoms with E-state index in [1.807, 2.05) is 18.2 Å². The summed E-state index contributed by atoms with van der Waals surface area (Å²) in [7, 11) is 0. The van der Waals surface area contributed by atoms with E-state index < -0.39 is 0 Å². The monoisotopic (exact) mass is 324 g/mol. The van der Waals surface area contributed by atoms with E-state index in [1.54, 1.807) is 0 Å². The number of carbonyl (C=O) groups excluding carboxylic acids is 2. The van der Waals surface area contributed by atoms with E-state index in [4.69, 9.17) is 0 Å². The van der Waals surface area contributed by atoms with Crippen LogP contribution in [-0.4, -0.2) is 49.4 Å². The van der Waals surface area contributed by atoms with Crippen molar-refractivity contribution in [1.29, 1.82) is 0 Å². The fraction of sp³-hybridized carbons (Fsp3) is 0.467. The Morgan fingerprint density at radius 1 is 1.23 bits per heavy atom. The Kier molecular flexibility index (Phi) is 5.76. The van der Waals surface area contributed by atoms with Gasteiger partial charge in [-0.3, -0.25) is 14.5 Å². The molecule has 2 aliphatic rings. The normalized spacial score (nSPS) is 17.9. The minimum atomic E-state index is 0. The van der Waals surface area contributed by atoms with Gasteiger partial charge in [0.05, 0.1) is 6.54 Å². The second kappa shape index (κ2) is 7.58. The van der Waals surface area contributed by atoms with Gasteiger partial charge in [0, 0.05) is 44.0 Å². The SMILES string of the molecule is Cl.O=C1CCc2c(cccc2NC(=O)CN2CCNCC2)N1. The first-order valence-electron chi connectivity index (χ1n) is 7.37. The Morgan fingerprint density at radius 2 is 2.00 bits per heavy atom. The largest absolute Gasteiger partial charge is 0.326 e. The molecule has 1 saturated heterocycles. The summed E-state index contributed by atoms with van der Waals surface area (Å²) in [6.45, 7) is 4.07. The van der Waals surface area contributed by atoms with Crippen LogP contribution in [0.5, 0.6) is 0 Å². The molecule has 1 fully saturated rings. The fourth-order valence-electron chi connectivity index (χ4n) is 2.80. The highest BCUT2D eigenvalue weighted by molar-refractivity contribution is 5.98. The number of benzene rings is 1. The number of anilines is 2. The van der Waals surface area contributed by atoms with Crippen molar-refractivity contribution in [3.63, 3.8) is 0 Å². The molecule has 0 aromatic heterocycles. The molecule has 3 rings (SSSR count). The highest BCUT2D eigenvalue weighted by Gasteiger charge is 2.19. The zero-order valence-electron chi connectivity index (χ0n) is 12.4.